The number of benzene rings is 2. The van der Waals surface area contributed by atoms with Crippen LogP contribution < -0.4 is 0 Å². The lowest BCUT2D eigenvalue weighted by Crippen LogP contribution is -2.29. The second-order valence-corrected chi connectivity index (χ2v) is 6.46. The van der Waals surface area contributed by atoms with Crippen LogP contribution in [-0.4, -0.2) is 27.5 Å². The van der Waals surface area contributed by atoms with Crippen LogP contribution in [-0.2, 0) is 4.74 Å². The molecule has 4 rings (SSSR count). The minimum Gasteiger partial charge on any atom is -0.449 e. The second kappa shape index (κ2) is 6.85. The fourth-order valence-electron chi connectivity index (χ4n) is 3.15. The van der Waals surface area contributed by atoms with Crippen LogP contribution in [0.3, 0.4) is 0 Å². The Hall–Kier alpha value is -3.18. The molecule has 0 saturated carbocycles. The molecule has 1 unspecified atom stereocenters. The molecule has 4 aromatic rings. The third-order valence-electron chi connectivity index (χ3n) is 4.41. The van der Waals surface area contributed by atoms with E-state index in [2.05, 4.69) is 4.98 Å². The Bertz CT molecular complexity index is 1130. The van der Waals surface area contributed by atoms with E-state index in [0.717, 1.165) is 21.8 Å². The van der Waals surface area contributed by atoms with Gasteiger partial charge in [-0.05, 0) is 31.2 Å². The van der Waals surface area contributed by atoms with Gasteiger partial charge < -0.3 is 4.74 Å². The maximum atomic E-state index is 13.1. The number of carbonyl (C=O) groups is 2. The van der Waals surface area contributed by atoms with Crippen LogP contribution in [0.4, 0.5) is 0 Å². The molecule has 0 aliphatic heterocycles. The van der Waals surface area contributed by atoms with Crippen LogP contribution >= 0.6 is 11.6 Å². The van der Waals surface area contributed by atoms with Gasteiger partial charge in [0.25, 0.3) is 5.91 Å². The number of carbonyl (C=O) groups excluding carboxylic acids is 2. The van der Waals surface area contributed by atoms with Crippen molar-refractivity contribution in [2.75, 3.05) is 0 Å². The number of hydrogen-bond donors (Lipinski definition) is 0. The van der Waals surface area contributed by atoms with E-state index in [-0.39, 0.29) is 16.6 Å². The highest BCUT2D eigenvalue weighted by Crippen LogP contribution is 2.29. The normalized spacial score (nSPS) is 12.2. The third kappa shape index (κ3) is 2.96. The molecule has 0 aliphatic carbocycles. The number of halogens is 1. The Kier molecular flexibility index (Phi) is 4.38. The van der Waals surface area contributed by atoms with Crippen molar-refractivity contribution in [3.05, 3.63) is 77.6 Å². The molecule has 6 heteroatoms. The van der Waals surface area contributed by atoms with Crippen molar-refractivity contribution >= 4 is 45.3 Å². The zero-order valence-electron chi connectivity index (χ0n) is 14.4. The van der Waals surface area contributed by atoms with Gasteiger partial charge in [0.2, 0.25) is 0 Å². The SMILES string of the molecule is CC(OC(=O)c1cccnc1Cl)C(=O)n1c2ccccc2c2ccccc21. The summed E-state index contributed by atoms with van der Waals surface area (Å²) in [4.78, 5) is 29.4. The van der Waals surface area contributed by atoms with Crippen molar-refractivity contribution in [2.45, 2.75) is 13.0 Å². The quantitative estimate of drug-likeness (QED) is 0.382. The molecule has 27 heavy (non-hydrogen) atoms. The van der Waals surface area contributed by atoms with E-state index in [1.807, 2.05) is 48.5 Å². The first-order valence-corrected chi connectivity index (χ1v) is 8.79. The number of aromatic nitrogens is 2. The molecule has 0 bridgehead atoms. The zero-order chi connectivity index (χ0) is 19.0. The van der Waals surface area contributed by atoms with E-state index >= 15 is 0 Å². The largest absolute Gasteiger partial charge is 0.449 e. The summed E-state index contributed by atoms with van der Waals surface area (Å²) in [6.45, 7) is 1.55. The molecule has 1 atom stereocenters. The summed E-state index contributed by atoms with van der Waals surface area (Å²) in [7, 11) is 0. The van der Waals surface area contributed by atoms with E-state index in [0.29, 0.717) is 0 Å². The van der Waals surface area contributed by atoms with Gasteiger partial charge in [0.15, 0.2) is 6.10 Å². The highest BCUT2D eigenvalue weighted by Gasteiger charge is 2.25. The van der Waals surface area contributed by atoms with Crippen molar-refractivity contribution in [2.24, 2.45) is 0 Å². The Morgan fingerprint density at radius 1 is 0.963 bits per heavy atom. The van der Waals surface area contributed by atoms with Gasteiger partial charge in [-0.1, -0.05) is 48.0 Å². The van der Waals surface area contributed by atoms with Crippen molar-refractivity contribution in [3.8, 4) is 0 Å². The first-order valence-electron chi connectivity index (χ1n) is 8.42. The number of para-hydroxylation sites is 2. The van der Waals surface area contributed by atoms with Crippen LogP contribution in [0.5, 0.6) is 0 Å². The maximum absolute atomic E-state index is 13.1. The van der Waals surface area contributed by atoms with Gasteiger partial charge in [0, 0.05) is 17.0 Å². The van der Waals surface area contributed by atoms with Gasteiger partial charge in [0.1, 0.15) is 5.15 Å². The topological polar surface area (TPSA) is 61.2 Å². The van der Waals surface area contributed by atoms with Crippen molar-refractivity contribution in [1.82, 2.24) is 9.55 Å². The van der Waals surface area contributed by atoms with Gasteiger partial charge in [0.05, 0.1) is 16.6 Å². The molecule has 0 radical (unpaired) electrons. The highest BCUT2D eigenvalue weighted by atomic mass is 35.5. The highest BCUT2D eigenvalue weighted by molar-refractivity contribution is 6.32. The molecule has 134 valence electrons. The fourth-order valence-corrected chi connectivity index (χ4v) is 3.35. The van der Waals surface area contributed by atoms with Crippen molar-refractivity contribution in [3.63, 3.8) is 0 Å². The fraction of sp³-hybridized carbons (Fsp3) is 0.0952. The number of ether oxygens (including phenoxy) is 1. The van der Waals surface area contributed by atoms with Gasteiger partial charge in [-0.2, -0.15) is 0 Å². The summed E-state index contributed by atoms with van der Waals surface area (Å²) in [6.07, 6.45) is 0.485. The minimum atomic E-state index is -0.993. The van der Waals surface area contributed by atoms with E-state index < -0.39 is 12.1 Å². The van der Waals surface area contributed by atoms with Crippen LogP contribution in [0.25, 0.3) is 21.8 Å². The lowest BCUT2D eigenvalue weighted by atomic mass is 10.2. The van der Waals surface area contributed by atoms with E-state index in [1.54, 1.807) is 17.6 Å². The lowest BCUT2D eigenvalue weighted by molar-refractivity contribution is 0.0288. The third-order valence-corrected chi connectivity index (χ3v) is 4.71. The average Bonchev–Trinajstić information content (AvgIpc) is 3.02. The van der Waals surface area contributed by atoms with E-state index in [9.17, 15) is 9.59 Å². The van der Waals surface area contributed by atoms with Gasteiger partial charge in [-0.3, -0.25) is 9.36 Å². The number of nitrogens with zero attached hydrogens (tertiary/aromatic N) is 2. The summed E-state index contributed by atoms with van der Waals surface area (Å²) in [6, 6.07) is 18.4. The zero-order valence-corrected chi connectivity index (χ0v) is 15.2. The number of pyridine rings is 1. The summed E-state index contributed by atoms with van der Waals surface area (Å²) < 4.78 is 6.96. The molecule has 5 nitrogen and oxygen atoms in total. The number of rotatable bonds is 3. The summed E-state index contributed by atoms with van der Waals surface area (Å²) >= 11 is 5.94. The van der Waals surface area contributed by atoms with Crippen LogP contribution in [0.2, 0.25) is 5.15 Å². The summed E-state index contributed by atoms with van der Waals surface area (Å²) in [5.41, 5.74) is 1.66. The Labute approximate surface area is 160 Å². The molecule has 0 N–H and O–H groups in total. The molecule has 2 aromatic heterocycles. The minimum absolute atomic E-state index is 0.0408. The second-order valence-electron chi connectivity index (χ2n) is 6.10. The molecule has 0 fully saturated rings. The predicted octanol–water partition coefficient (Wildman–Crippen LogP) is 4.73. The van der Waals surface area contributed by atoms with Gasteiger partial charge in [-0.25, -0.2) is 9.78 Å². The molecule has 2 heterocycles. The molecule has 0 aliphatic rings. The van der Waals surface area contributed by atoms with Crippen molar-refractivity contribution in [1.29, 1.82) is 0 Å². The number of esters is 1. The first kappa shape index (κ1) is 17.2. The molecule has 2 aromatic carbocycles. The molecule has 0 amide bonds. The standard InChI is InChI=1S/C21H15ClN2O3/c1-13(27-21(26)16-9-6-12-23-19(16)22)20(25)24-17-10-4-2-7-14(17)15-8-3-5-11-18(15)24/h2-13H,1H3. The van der Waals surface area contributed by atoms with E-state index in [1.165, 1.54) is 12.3 Å². The Morgan fingerprint density at radius 3 is 2.15 bits per heavy atom. The van der Waals surface area contributed by atoms with Gasteiger partial charge >= 0.3 is 5.97 Å². The predicted molar refractivity (Wildman–Crippen MR) is 104 cm³/mol. The smallest absolute Gasteiger partial charge is 0.342 e. The van der Waals surface area contributed by atoms with E-state index in [4.69, 9.17) is 16.3 Å². The van der Waals surface area contributed by atoms with Crippen LogP contribution in [0, 0.1) is 0 Å². The number of hydrogen-bond acceptors (Lipinski definition) is 4. The molecule has 0 spiro atoms. The lowest BCUT2D eigenvalue weighted by Gasteiger charge is -2.14. The van der Waals surface area contributed by atoms with Crippen LogP contribution in [0.15, 0.2) is 66.9 Å². The number of fused-ring (bicyclic) bond motifs is 3. The van der Waals surface area contributed by atoms with Gasteiger partial charge in [-0.15, -0.1) is 0 Å². The Morgan fingerprint density at radius 2 is 1.56 bits per heavy atom. The first-order chi connectivity index (χ1) is 13.1. The summed E-state index contributed by atoms with van der Waals surface area (Å²) in [5, 5.41) is 1.98. The van der Waals surface area contributed by atoms with Crippen LogP contribution in [0.1, 0.15) is 22.1 Å². The van der Waals surface area contributed by atoms with Crippen molar-refractivity contribution < 1.29 is 14.3 Å². The summed E-state index contributed by atoms with van der Waals surface area (Å²) in [5.74, 6) is -1.02. The Balaban J connectivity index is 1.72. The molecular weight excluding hydrogens is 364 g/mol. The molecular formula is C21H15ClN2O3. The monoisotopic (exact) mass is 378 g/mol. The molecule has 0 saturated heterocycles. The average molecular weight is 379 g/mol. The maximum Gasteiger partial charge on any atom is 0.342 e.